The predicted molar refractivity (Wildman–Crippen MR) is 146 cm³/mol. The van der Waals surface area contributed by atoms with E-state index in [1.165, 1.54) is 36.7 Å². The maximum atomic E-state index is 15.0. The molecule has 1 aliphatic rings. The lowest BCUT2D eigenvalue weighted by Gasteiger charge is -2.28. The van der Waals surface area contributed by atoms with Gasteiger partial charge in [-0.15, -0.1) is 0 Å². The molecule has 0 bridgehead atoms. The Labute approximate surface area is 225 Å². The number of methoxy groups -OCH3 is 1. The summed E-state index contributed by atoms with van der Waals surface area (Å²) in [4.78, 5) is 23.4. The number of carbonyl (C=O) groups excluding carboxylic acids is 1. The number of hydrogen-bond donors (Lipinski definition) is 2. The van der Waals surface area contributed by atoms with Gasteiger partial charge in [-0.25, -0.2) is 18.7 Å². The van der Waals surface area contributed by atoms with E-state index in [2.05, 4.69) is 32.5 Å². The molecule has 5 rings (SSSR count). The van der Waals surface area contributed by atoms with Crippen molar-refractivity contribution in [2.45, 2.75) is 12.8 Å². The Morgan fingerprint density at radius 1 is 1.05 bits per heavy atom. The molecule has 10 heteroatoms. The van der Waals surface area contributed by atoms with Crippen molar-refractivity contribution in [1.29, 1.82) is 0 Å². The SMILES string of the molecule is COc1cc2c(Nc3ccc(NC(=O)c4cccc(F)c4)cc3F)ncnc2cc1OCC1CCN(C)CC1. The zero-order chi connectivity index (χ0) is 27.4. The average Bonchev–Trinajstić information content (AvgIpc) is 2.94. The van der Waals surface area contributed by atoms with Crippen LogP contribution in [-0.2, 0) is 0 Å². The molecule has 0 saturated carbocycles. The fraction of sp³-hybridized carbons (Fsp3) is 0.276. The highest BCUT2D eigenvalue weighted by atomic mass is 19.1. The van der Waals surface area contributed by atoms with E-state index in [0.717, 1.165) is 32.0 Å². The molecular formula is C29H29F2N5O3. The van der Waals surface area contributed by atoms with Crippen molar-refractivity contribution in [3.05, 3.63) is 78.1 Å². The molecule has 4 aromatic rings. The van der Waals surface area contributed by atoms with Crippen LogP contribution in [0.2, 0.25) is 0 Å². The molecule has 2 N–H and O–H groups in total. The molecular weight excluding hydrogens is 504 g/mol. The Kier molecular flexibility index (Phi) is 7.83. The van der Waals surface area contributed by atoms with E-state index in [0.29, 0.717) is 40.7 Å². The molecule has 0 radical (unpaired) electrons. The van der Waals surface area contributed by atoms with E-state index < -0.39 is 17.5 Å². The van der Waals surface area contributed by atoms with Crippen LogP contribution in [0, 0.1) is 17.6 Å². The Bertz CT molecular complexity index is 1490. The Morgan fingerprint density at radius 2 is 1.87 bits per heavy atom. The first kappa shape index (κ1) is 26.3. The molecule has 0 spiro atoms. The molecule has 1 saturated heterocycles. The van der Waals surface area contributed by atoms with Crippen molar-refractivity contribution in [2.24, 2.45) is 5.92 Å². The van der Waals surface area contributed by atoms with Crippen molar-refractivity contribution in [2.75, 3.05) is 44.5 Å². The Morgan fingerprint density at radius 3 is 2.62 bits per heavy atom. The van der Waals surface area contributed by atoms with E-state index in [1.54, 1.807) is 25.3 Å². The molecule has 3 aromatic carbocycles. The van der Waals surface area contributed by atoms with Gasteiger partial charge in [-0.3, -0.25) is 4.79 Å². The third-order valence-corrected chi connectivity index (χ3v) is 6.80. The largest absolute Gasteiger partial charge is 0.493 e. The third-order valence-electron chi connectivity index (χ3n) is 6.80. The van der Waals surface area contributed by atoms with Gasteiger partial charge in [0.1, 0.15) is 23.8 Å². The topological polar surface area (TPSA) is 88.6 Å². The number of halogens is 2. The standard InChI is InChI=1S/C29H29F2N5O3/c1-36-10-8-18(9-11-36)16-39-27-15-25-22(14-26(27)38-2)28(33-17-32-25)35-24-7-6-21(13-23(24)31)34-29(37)19-4-3-5-20(30)12-19/h3-7,12-15,17-18H,8-11,16H2,1-2H3,(H,34,37)(H,32,33,35). The fourth-order valence-corrected chi connectivity index (χ4v) is 4.53. The zero-order valence-corrected chi connectivity index (χ0v) is 21.7. The summed E-state index contributed by atoms with van der Waals surface area (Å²) in [5.41, 5.74) is 1.13. The fourth-order valence-electron chi connectivity index (χ4n) is 4.53. The maximum absolute atomic E-state index is 15.0. The number of anilines is 3. The lowest BCUT2D eigenvalue weighted by Crippen LogP contribution is -2.32. The molecule has 1 aromatic heterocycles. The number of amides is 1. The van der Waals surface area contributed by atoms with Gasteiger partial charge in [0.25, 0.3) is 5.91 Å². The van der Waals surface area contributed by atoms with Crippen LogP contribution in [0.4, 0.5) is 26.0 Å². The molecule has 2 heterocycles. The Hall–Kier alpha value is -4.31. The molecule has 202 valence electrons. The van der Waals surface area contributed by atoms with Crippen LogP contribution in [0.25, 0.3) is 10.9 Å². The van der Waals surface area contributed by atoms with Gasteiger partial charge in [0, 0.05) is 22.7 Å². The van der Waals surface area contributed by atoms with E-state index >= 15 is 0 Å². The lowest BCUT2D eigenvalue weighted by atomic mass is 9.98. The van der Waals surface area contributed by atoms with Gasteiger partial charge in [-0.2, -0.15) is 0 Å². The van der Waals surface area contributed by atoms with Gasteiger partial charge in [-0.05, 0) is 81.4 Å². The summed E-state index contributed by atoms with van der Waals surface area (Å²) < 4.78 is 40.1. The first-order chi connectivity index (χ1) is 18.9. The second-order valence-electron chi connectivity index (χ2n) is 9.58. The van der Waals surface area contributed by atoms with Crippen molar-refractivity contribution in [3.8, 4) is 11.5 Å². The number of nitrogens with one attached hydrogen (secondary N) is 2. The van der Waals surface area contributed by atoms with Crippen LogP contribution in [-0.4, -0.2) is 54.6 Å². The number of benzene rings is 3. The molecule has 1 amide bonds. The maximum Gasteiger partial charge on any atom is 0.255 e. The van der Waals surface area contributed by atoms with Gasteiger partial charge in [0.05, 0.1) is 24.9 Å². The van der Waals surface area contributed by atoms with Crippen molar-refractivity contribution in [3.63, 3.8) is 0 Å². The van der Waals surface area contributed by atoms with Crippen LogP contribution < -0.4 is 20.1 Å². The van der Waals surface area contributed by atoms with Crippen LogP contribution in [0.1, 0.15) is 23.2 Å². The smallest absolute Gasteiger partial charge is 0.255 e. The van der Waals surface area contributed by atoms with E-state index in [1.807, 2.05) is 0 Å². The van der Waals surface area contributed by atoms with Crippen molar-refractivity contribution < 1.29 is 23.0 Å². The second-order valence-corrected chi connectivity index (χ2v) is 9.58. The van der Waals surface area contributed by atoms with E-state index in [9.17, 15) is 13.6 Å². The van der Waals surface area contributed by atoms with Gasteiger partial charge in [0.2, 0.25) is 0 Å². The summed E-state index contributed by atoms with van der Waals surface area (Å²) in [6.45, 7) is 2.71. The monoisotopic (exact) mass is 533 g/mol. The average molecular weight is 534 g/mol. The quantitative estimate of drug-likeness (QED) is 0.303. The third kappa shape index (κ3) is 6.23. The summed E-state index contributed by atoms with van der Waals surface area (Å²) in [5, 5.41) is 6.21. The first-order valence-corrected chi connectivity index (χ1v) is 12.7. The molecule has 1 aliphatic heterocycles. The van der Waals surface area contributed by atoms with Crippen LogP contribution in [0.15, 0.2) is 60.9 Å². The molecule has 0 atom stereocenters. The number of aromatic nitrogens is 2. The number of nitrogens with zero attached hydrogens (tertiary/aromatic N) is 3. The highest BCUT2D eigenvalue weighted by Crippen LogP contribution is 2.36. The summed E-state index contributed by atoms with van der Waals surface area (Å²) in [6.07, 6.45) is 3.56. The first-order valence-electron chi connectivity index (χ1n) is 12.7. The minimum absolute atomic E-state index is 0.133. The summed E-state index contributed by atoms with van der Waals surface area (Å²) in [7, 11) is 3.69. The number of rotatable bonds is 8. The summed E-state index contributed by atoms with van der Waals surface area (Å²) >= 11 is 0. The minimum Gasteiger partial charge on any atom is -0.493 e. The molecule has 0 unspecified atom stereocenters. The number of piperidine rings is 1. The predicted octanol–water partition coefficient (Wildman–Crippen LogP) is 5.63. The number of hydrogen-bond acceptors (Lipinski definition) is 7. The van der Waals surface area contributed by atoms with Gasteiger partial charge in [-0.1, -0.05) is 6.07 Å². The molecule has 39 heavy (non-hydrogen) atoms. The number of carbonyl (C=O) groups is 1. The van der Waals surface area contributed by atoms with Gasteiger partial charge >= 0.3 is 0 Å². The highest BCUT2D eigenvalue weighted by molar-refractivity contribution is 6.04. The second kappa shape index (κ2) is 11.6. The van der Waals surface area contributed by atoms with Crippen LogP contribution >= 0.6 is 0 Å². The number of fused-ring (bicyclic) bond motifs is 1. The van der Waals surface area contributed by atoms with Crippen LogP contribution in [0.3, 0.4) is 0 Å². The molecule has 1 fully saturated rings. The summed E-state index contributed by atoms with van der Waals surface area (Å²) in [6, 6.07) is 13.0. The van der Waals surface area contributed by atoms with E-state index in [-0.39, 0.29) is 16.9 Å². The number of likely N-dealkylation sites (tertiary alicyclic amines) is 1. The van der Waals surface area contributed by atoms with Crippen molar-refractivity contribution in [1.82, 2.24) is 14.9 Å². The minimum atomic E-state index is -0.608. The van der Waals surface area contributed by atoms with Gasteiger partial charge < -0.3 is 25.0 Å². The summed E-state index contributed by atoms with van der Waals surface area (Å²) in [5.74, 6) is 0.311. The molecule has 8 nitrogen and oxygen atoms in total. The Balaban J connectivity index is 1.32. The van der Waals surface area contributed by atoms with Gasteiger partial charge in [0.15, 0.2) is 11.5 Å². The number of ether oxygens (including phenoxy) is 2. The zero-order valence-electron chi connectivity index (χ0n) is 21.7. The van der Waals surface area contributed by atoms with Crippen molar-refractivity contribution >= 4 is 34.0 Å². The highest BCUT2D eigenvalue weighted by Gasteiger charge is 2.19. The van der Waals surface area contributed by atoms with Crippen LogP contribution in [0.5, 0.6) is 11.5 Å². The normalized spacial score (nSPS) is 14.3. The molecule has 0 aliphatic carbocycles. The lowest BCUT2D eigenvalue weighted by molar-refractivity contribution is 0.102. The van der Waals surface area contributed by atoms with E-state index in [4.69, 9.17) is 9.47 Å².